The van der Waals surface area contributed by atoms with Crippen LogP contribution in [-0.2, 0) is 0 Å². The minimum atomic E-state index is 0.610. The fourth-order valence-electron chi connectivity index (χ4n) is 1.77. The van der Waals surface area contributed by atoms with Crippen LogP contribution in [0.2, 0.25) is 0 Å². The first-order chi connectivity index (χ1) is 5.73. The molecule has 1 N–H and O–H groups in total. The van der Waals surface area contributed by atoms with E-state index >= 15 is 0 Å². The highest BCUT2D eigenvalue weighted by Gasteiger charge is 2.43. The topological polar surface area (TPSA) is 12.0 Å². The van der Waals surface area contributed by atoms with Crippen LogP contribution in [0.25, 0.3) is 0 Å². The predicted molar refractivity (Wildman–Crippen MR) is 54.2 cm³/mol. The third-order valence-corrected chi connectivity index (χ3v) is 2.99. The molecule has 1 heteroatoms. The van der Waals surface area contributed by atoms with Crippen LogP contribution in [0.3, 0.4) is 0 Å². The van der Waals surface area contributed by atoms with E-state index in [9.17, 15) is 0 Å². The maximum Gasteiger partial charge on any atom is 0.0124 e. The Morgan fingerprint density at radius 2 is 2.25 bits per heavy atom. The Hall–Kier alpha value is -0.300. The van der Waals surface area contributed by atoms with E-state index in [-0.39, 0.29) is 0 Å². The molecule has 12 heavy (non-hydrogen) atoms. The Labute approximate surface area is 76.2 Å². The number of nitrogens with one attached hydrogen (secondary N) is 1. The summed E-state index contributed by atoms with van der Waals surface area (Å²) in [6, 6.07) is 0.723. The van der Waals surface area contributed by atoms with Crippen molar-refractivity contribution in [2.24, 2.45) is 5.41 Å². The summed E-state index contributed by atoms with van der Waals surface area (Å²) >= 11 is 0. The van der Waals surface area contributed by atoms with Crippen molar-refractivity contribution in [1.82, 2.24) is 5.32 Å². The van der Waals surface area contributed by atoms with Gasteiger partial charge < -0.3 is 5.32 Å². The van der Waals surface area contributed by atoms with Crippen LogP contribution >= 0.6 is 0 Å². The van der Waals surface area contributed by atoms with Gasteiger partial charge in [-0.1, -0.05) is 19.9 Å². The molecule has 1 unspecified atom stereocenters. The lowest BCUT2D eigenvalue weighted by atomic mass is 9.94. The fraction of sp³-hybridized carbons (Fsp3) is 0.818. The molecule has 1 atom stereocenters. The van der Waals surface area contributed by atoms with Crippen molar-refractivity contribution in [2.45, 2.75) is 45.6 Å². The van der Waals surface area contributed by atoms with Crippen LogP contribution in [-0.4, -0.2) is 12.6 Å². The third-order valence-electron chi connectivity index (χ3n) is 2.99. The smallest absolute Gasteiger partial charge is 0.0124 e. The predicted octanol–water partition coefficient (Wildman–Crippen LogP) is 2.73. The zero-order chi connectivity index (χ0) is 9.03. The van der Waals surface area contributed by atoms with Crippen molar-refractivity contribution in [3.63, 3.8) is 0 Å². The minimum absolute atomic E-state index is 0.610. The SMILES string of the molecule is C=CCCC(NCC)C1(C)CC1. The number of hydrogen-bond donors (Lipinski definition) is 1. The van der Waals surface area contributed by atoms with Gasteiger partial charge in [0.15, 0.2) is 0 Å². The summed E-state index contributed by atoms with van der Waals surface area (Å²) in [4.78, 5) is 0. The highest BCUT2D eigenvalue weighted by Crippen LogP contribution is 2.49. The average Bonchev–Trinajstić information content (AvgIpc) is 2.78. The highest BCUT2D eigenvalue weighted by molar-refractivity contribution is 4.99. The Kier molecular flexibility index (Phi) is 3.33. The fourth-order valence-corrected chi connectivity index (χ4v) is 1.77. The van der Waals surface area contributed by atoms with Gasteiger partial charge in [-0.3, -0.25) is 0 Å². The lowest BCUT2D eigenvalue weighted by Gasteiger charge is -2.23. The summed E-state index contributed by atoms with van der Waals surface area (Å²) in [5.41, 5.74) is 0.610. The van der Waals surface area contributed by atoms with Gasteiger partial charge in [-0.05, 0) is 37.6 Å². The Balaban J connectivity index is 2.32. The molecule has 70 valence electrons. The maximum atomic E-state index is 3.77. The quantitative estimate of drug-likeness (QED) is 0.600. The molecular formula is C11H21N. The molecule has 0 radical (unpaired) electrons. The van der Waals surface area contributed by atoms with Crippen LogP contribution in [0.4, 0.5) is 0 Å². The van der Waals surface area contributed by atoms with Gasteiger partial charge in [-0.2, -0.15) is 0 Å². The summed E-state index contributed by atoms with van der Waals surface area (Å²) in [5, 5.41) is 3.57. The maximum absolute atomic E-state index is 3.77. The van der Waals surface area contributed by atoms with E-state index in [0.29, 0.717) is 5.41 Å². The second kappa shape index (κ2) is 4.08. The van der Waals surface area contributed by atoms with Gasteiger partial charge in [0.2, 0.25) is 0 Å². The summed E-state index contributed by atoms with van der Waals surface area (Å²) in [7, 11) is 0. The lowest BCUT2D eigenvalue weighted by Crippen LogP contribution is -2.35. The molecule has 0 saturated heterocycles. The van der Waals surface area contributed by atoms with Gasteiger partial charge in [0.25, 0.3) is 0 Å². The van der Waals surface area contributed by atoms with Crippen molar-refractivity contribution in [1.29, 1.82) is 0 Å². The Morgan fingerprint density at radius 1 is 1.58 bits per heavy atom. The molecule has 0 aliphatic heterocycles. The molecule has 1 rings (SSSR count). The third kappa shape index (κ3) is 2.34. The first-order valence-electron chi connectivity index (χ1n) is 5.07. The van der Waals surface area contributed by atoms with E-state index in [1.165, 1.54) is 19.3 Å². The first kappa shape index (κ1) is 9.79. The van der Waals surface area contributed by atoms with E-state index in [1.54, 1.807) is 0 Å². The number of rotatable bonds is 6. The molecule has 0 aromatic carbocycles. The molecule has 0 heterocycles. The standard InChI is InChI=1S/C11H21N/c1-4-6-7-10(12-5-2)11(3)8-9-11/h4,10,12H,1,5-9H2,2-3H3. The van der Waals surface area contributed by atoms with Gasteiger partial charge in [0.05, 0.1) is 0 Å². The van der Waals surface area contributed by atoms with Crippen molar-refractivity contribution in [3.8, 4) is 0 Å². The van der Waals surface area contributed by atoms with Crippen LogP contribution in [0, 0.1) is 5.41 Å². The van der Waals surface area contributed by atoms with Crippen molar-refractivity contribution < 1.29 is 0 Å². The normalized spacial score (nSPS) is 21.8. The first-order valence-corrected chi connectivity index (χ1v) is 5.07. The zero-order valence-electron chi connectivity index (χ0n) is 8.40. The van der Waals surface area contributed by atoms with Crippen LogP contribution in [0.5, 0.6) is 0 Å². The zero-order valence-corrected chi connectivity index (χ0v) is 8.40. The molecular weight excluding hydrogens is 146 g/mol. The molecule has 1 nitrogen and oxygen atoms in total. The molecule has 0 bridgehead atoms. The number of hydrogen-bond acceptors (Lipinski definition) is 1. The minimum Gasteiger partial charge on any atom is -0.314 e. The summed E-state index contributed by atoms with van der Waals surface area (Å²) in [6.45, 7) is 9.44. The summed E-state index contributed by atoms with van der Waals surface area (Å²) < 4.78 is 0. The Morgan fingerprint density at radius 3 is 2.67 bits per heavy atom. The van der Waals surface area contributed by atoms with E-state index in [1.807, 2.05) is 6.08 Å². The Bertz CT molecular complexity index is 147. The van der Waals surface area contributed by atoms with E-state index in [2.05, 4.69) is 25.7 Å². The molecule has 1 fully saturated rings. The van der Waals surface area contributed by atoms with E-state index in [0.717, 1.165) is 19.0 Å². The van der Waals surface area contributed by atoms with Crippen LogP contribution < -0.4 is 5.32 Å². The van der Waals surface area contributed by atoms with Crippen molar-refractivity contribution in [2.75, 3.05) is 6.54 Å². The lowest BCUT2D eigenvalue weighted by molar-refractivity contribution is 0.345. The molecule has 1 aliphatic carbocycles. The second-order valence-electron chi connectivity index (χ2n) is 4.13. The van der Waals surface area contributed by atoms with Gasteiger partial charge in [0.1, 0.15) is 0 Å². The van der Waals surface area contributed by atoms with E-state index < -0.39 is 0 Å². The van der Waals surface area contributed by atoms with Gasteiger partial charge >= 0.3 is 0 Å². The monoisotopic (exact) mass is 167 g/mol. The largest absolute Gasteiger partial charge is 0.314 e. The highest BCUT2D eigenvalue weighted by atomic mass is 14.9. The molecule has 0 amide bonds. The average molecular weight is 167 g/mol. The van der Waals surface area contributed by atoms with Gasteiger partial charge in [-0.15, -0.1) is 6.58 Å². The van der Waals surface area contributed by atoms with Crippen LogP contribution in [0.1, 0.15) is 39.5 Å². The summed E-state index contributed by atoms with van der Waals surface area (Å²) in [6.07, 6.45) is 7.24. The molecule has 0 aromatic rings. The molecule has 1 saturated carbocycles. The molecule has 1 aliphatic rings. The molecule has 0 aromatic heterocycles. The van der Waals surface area contributed by atoms with Gasteiger partial charge in [0, 0.05) is 6.04 Å². The number of allylic oxidation sites excluding steroid dienone is 1. The van der Waals surface area contributed by atoms with E-state index in [4.69, 9.17) is 0 Å². The van der Waals surface area contributed by atoms with Crippen LogP contribution in [0.15, 0.2) is 12.7 Å². The van der Waals surface area contributed by atoms with Crippen molar-refractivity contribution in [3.05, 3.63) is 12.7 Å². The van der Waals surface area contributed by atoms with Crippen molar-refractivity contribution >= 4 is 0 Å². The molecule has 0 spiro atoms. The summed E-state index contributed by atoms with van der Waals surface area (Å²) in [5.74, 6) is 0. The second-order valence-corrected chi connectivity index (χ2v) is 4.13. The van der Waals surface area contributed by atoms with Gasteiger partial charge in [-0.25, -0.2) is 0 Å².